The van der Waals surface area contributed by atoms with Gasteiger partial charge in [-0.1, -0.05) is 24.3 Å². The van der Waals surface area contributed by atoms with Gasteiger partial charge in [0.25, 0.3) is 0 Å². The Labute approximate surface area is 110 Å². The molecule has 0 unspecified atom stereocenters. The summed E-state index contributed by atoms with van der Waals surface area (Å²) >= 11 is 0. The number of carbonyl (C=O) groups excluding carboxylic acids is 1. The highest BCUT2D eigenvalue weighted by Crippen LogP contribution is 2.28. The molecule has 2 aromatic rings. The highest BCUT2D eigenvalue weighted by Gasteiger charge is 2.09. The summed E-state index contributed by atoms with van der Waals surface area (Å²) in [6.45, 7) is 0. The predicted molar refractivity (Wildman–Crippen MR) is 69.1 cm³/mol. The number of hydrogen-bond donors (Lipinski definition) is 1. The molecule has 0 spiro atoms. The van der Waals surface area contributed by atoms with Crippen molar-refractivity contribution in [3.8, 4) is 17.0 Å². The third-order valence-corrected chi connectivity index (χ3v) is 2.65. The zero-order valence-corrected chi connectivity index (χ0v) is 10.4. The molecule has 5 heteroatoms. The van der Waals surface area contributed by atoms with E-state index in [1.165, 1.54) is 13.2 Å². The molecule has 1 heterocycles. The lowest BCUT2D eigenvalue weighted by Gasteiger charge is -2.08. The lowest BCUT2D eigenvalue weighted by atomic mass is 10.0. The van der Waals surface area contributed by atoms with E-state index in [2.05, 4.69) is 4.98 Å². The van der Waals surface area contributed by atoms with Gasteiger partial charge >= 0.3 is 0 Å². The molecule has 0 aliphatic carbocycles. The fourth-order valence-electron chi connectivity index (χ4n) is 1.80. The van der Waals surface area contributed by atoms with Gasteiger partial charge in [-0.15, -0.1) is 0 Å². The van der Waals surface area contributed by atoms with E-state index in [4.69, 9.17) is 10.5 Å². The molecule has 4 nitrogen and oxygen atoms in total. The van der Waals surface area contributed by atoms with Crippen LogP contribution < -0.4 is 10.5 Å². The second-order valence-electron chi connectivity index (χ2n) is 4.05. The Morgan fingerprint density at radius 3 is 2.63 bits per heavy atom. The van der Waals surface area contributed by atoms with Gasteiger partial charge in [-0.2, -0.15) is 0 Å². The van der Waals surface area contributed by atoms with Crippen molar-refractivity contribution >= 4 is 5.91 Å². The lowest BCUT2D eigenvalue weighted by Crippen LogP contribution is -2.13. The monoisotopic (exact) mass is 260 g/mol. The quantitative estimate of drug-likeness (QED) is 0.913. The Morgan fingerprint density at radius 2 is 2.05 bits per heavy atom. The summed E-state index contributed by atoms with van der Waals surface area (Å²) in [5.41, 5.74) is 7.25. The predicted octanol–water partition coefficient (Wildman–Crippen LogP) is 1.92. The number of nitrogens with two attached hydrogens (primary N) is 1. The van der Waals surface area contributed by atoms with E-state index in [0.29, 0.717) is 11.4 Å². The third kappa shape index (κ3) is 3.07. The highest BCUT2D eigenvalue weighted by molar-refractivity contribution is 5.77. The molecule has 98 valence electrons. The first-order valence-electron chi connectivity index (χ1n) is 5.67. The van der Waals surface area contributed by atoms with Crippen molar-refractivity contribution in [1.29, 1.82) is 0 Å². The molecule has 0 radical (unpaired) electrons. The van der Waals surface area contributed by atoms with Crippen LogP contribution in [0.15, 0.2) is 36.5 Å². The molecule has 0 atom stereocenters. The molecule has 0 fully saturated rings. The van der Waals surface area contributed by atoms with Gasteiger partial charge in [0.1, 0.15) is 5.82 Å². The number of primary amides is 1. The molecule has 19 heavy (non-hydrogen) atoms. The van der Waals surface area contributed by atoms with Crippen LogP contribution in [-0.2, 0) is 11.2 Å². The average Bonchev–Trinajstić information content (AvgIpc) is 2.39. The minimum absolute atomic E-state index is 0.179. The fraction of sp³-hybridized carbons (Fsp3) is 0.143. The molecule has 0 saturated heterocycles. The van der Waals surface area contributed by atoms with Crippen LogP contribution in [0.4, 0.5) is 4.39 Å². The molecule has 0 saturated carbocycles. The molecular weight excluding hydrogens is 247 g/mol. The normalized spacial score (nSPS) is 10.2. The summed E-state index contributed by atoms with van der Waals surface area (Å²) in [5.74, 6) is -0.473. The highest BCUT2D eigenvalue weighted by atomic mass is 19.1. The smallest absolute Gasteiger partial charge is 0.221 e. The van der Waals surface area contributed by atoms with Crippen LogP contribution in [0.3, 0.4) is 0 Å². The number of rotatable bonds is 4. The number of halogens is 1. The number of methoxy groups -OCH3 is 1. The summed E-state index contributed by atoms with van der Waals surface area (Å²) in [6.07, 6.45) is 1.28. The van der Waals surface area contributed by atoms with Crippen molar-refractivity contribution in [1.82, 2.24) is 4.98 Å². The topological polar surface area (TPSA) is 65.2 Å². The largest absolute Gasteiger partial charge is 0.481 e. The van der Waals surface area contributed by atoms with Crippen molar-refractivity contribution in [3.05, 3.63) is 47.9 Å². The van der Waals surface area contributed by atoms with Gasteiger partial charge in [0, 0.05) is 5.56 Å². The van der Waals surface area contributed by atoms with Gasteiger partial charge in [-0.3, -0.25) is 4.79 Å². The molecule has 2 rings (SSSR count). The van der Waals surface area contributed by atoms with Crippen LogP contribution in [0.25, 0.3) is 11.1 Å². The van der Waals surface area contributed by atoms with Gasteiger partial charge < -0.3 is 10.5 Å². The van der Waals surface area contributed by atoms with Gasteiger partial charge in [0.05, 0.1) is 19.7 Å². The first-order chi connectivity index (χ1) is 9.10. The van der Waals surface area contributed by atoms with Gasteiger partial charge in [0.2, 0.25) is 11.8 Å². The lowest BCUT2D eigenvalue weighted by molar-refractivity contribution is -0.117. The van der Waals surface area contributed by atoms with Gasteiger partial charge in [-0.25, -0.2) is 9.37 Å². The van der Waals surface area contributed by atoms with Crippen LogP contribution in [0.5, 0.6) is 5.88 Å². The first kappa shape index (κ1) is 13.0. The maximum absolute atomic E-state index is 13.2. The van der Waals surface area contributed by atoms with Crippen LogP contribution in [0.2, 0.25) is 0 Å². The van der Waals surface area contributed by atoms with Crippen LogP contribution in [0.1, 0.15) is 5.56 Å². The summed E-state index contributed by atoms with van der Waals surface area (Å²) in [7, 11) is 1.48. The molecule has 0 aliphatic rings. The molecule has 2 N–H and O–H groups in total. The molecule has 1 amide bonds. The number of carbonyl (C=O) groups is 1. The SMILES string of the molecule is COc1ncc(F)cc1-c1ccc(CC(N)=O)cc1. The number of ether oxygens (including phenoxy) is 1. The number of hydrogen-bond acceptors (Lipinski definition) is 3. The van der Waals surface area contributed by atoms with E-state index >= 15 is 0 Å². The van der Waals surface area contributed by atoms with Crippen LogP contribution in [-0.4, -0.2) is 18.0 Å². The minimum Gasteiger partial charge on any atom is -0.481 e. The maximum atomic E-state index is 13.2. The zero-order chi connectivity index (χ0) is 13.8. The van der Waals surface area contributed by atoms with Crippen molar-refractivity contribution < 1.29 is 13.9 Å². The van der Waals surface area contributed by atoms with E-state index in [-0.39, 0.29) is 6.42 Å². The van der Waals surface area contributed by atoms with E-state index < -0.39 is 11.7 Å². The van der Waals surface area contributed by atoms with Crippen molar-refractivity contribution in [2.75, 3.05) is 7.11 Å². The molecule has 0 bridgehead atoms. The third-order valence-electron chi connectivity index (χ3n) is 2.65. The summed E-state index contributed by atoms with van der Waals surface area (Å²) in [4.78, 5) is 14.7. The summed E-state index contributed by atoms with van der Waals surface area (Å²) in [6, 6.07) is 8.44. The Hall–Kier alpha value is -2.43. The first-order valence-corrected chi connectivity index (χ1v) is 5.67. The van der Waals surface area contributed by atoms with Gasteiger partial charge in [-0.05, 0) is 17.2 Å². The average molecular weight is 260 g/mol. The number of aromatic nitrogens is 1. The standard InChI is InChI=1S/C14H13FN2O2/c1-19-14-12(7-11(15)8-17-14)10-4-2-9(3-5-10)6-13(16)18/h2-5,7-8H,6H2,1H3,(H2,16,18). The number of pyridine rings is 1. The maximum Gasteiger partial charge on any atom is 0.221 e. The number of amides is 1. The van der Waals surface area contributed by atoms with E-state index in [1.807, 2.05) is 0 Å². The van der Waals surface area contributed by atoms with E-state index in [9.17, 15) is 9.18 Å². The summed E-state index contributed by atoms with van der Waals surface area (Å²) in [5, 5.41) is 0. The number of nitrogens with zero attached hydrogens (tertiary/aromatic N) is 1. The number of benzene rings is 1. The Balaban J connectivity index is 2.36. The van der Waals surface area contributed by atoms with Gasteiger partial charge in [0.15, 0.2) is 0 Å². The Kier molecular flexibility index (Phi) is 3.75. The van der Waals surface area contributed by atoms with Crippen molar-refractivity contribution in [2.45, 2.75) is 6.42 Å². The molecular formula is C14H13FN2O2. The Bertz CT molecular complexity index is 597. The Morgan fingerprint density at radius 1 is 1.37 bits per heavy atom. The van der Waals surface area contributed by atoms with Crippen molar-refractivity contribution in [2.24, 2.45) is 5.73 Å². The zero-order valence-electron chi connectivity index (χ0n) is 10.4. The van der Waals surface area contributed by atoms with E-state index in [1.54, 1.807) is 24.3 Å². The van der Waals surface area contributed by atoms with Crippen LogP contribution in [0, 0.1) is 5.82 Å². The molecule has 1 aromatic heterocycles. The fourth-order valence-corrected chi connectivity index (χ4v) is 1.80. The molecule has 1 aromatic carbocycles. The minimum atomic E-state index is -0.433. The summed E-state index contributed by atoms with van der Waals surface area (Å²) < 4.78 is 18.3. The second kappa shape index (κ2) is 5.48. The second-order valence-corrected chi connectivity index (χ2v) is 4.05. The van der Waals surface area contributed by atoms with E-state index in [0.717, 1.165) is 17.3 Å². The van der Waals surface area contributed by atoms with Crippen LogP contribution >= 0.6 is 0 Å². The molecule has 0 aliphatic heterocycles. The van der Waals surface area contributed by atoms with Crippen molar-refractivity contribution in [3.63, 3.8) is 0 Å².